The van der Waals surface area contributed by atoms with Crippen LogP contribution in [0.3, 0.4) is 0 Å². The number of nitrogens with zero attached hydrogens (tertiary/aromatic N) is 1. The van der Waals surface area contributed by atoms with Gasteiger partial charge in [-0.15, -0.1) is 6.58 Å². The van der Waals surface area contributed by atoms with Crippen LogP contribution in [0.25, 0.3) is 22.2 Å². The average molecular weight is 282 g/mol. The molecule has 3 nitrogen and oxygen atoms in total. The zero-order valence-electron chi connectivity index (χ0n) is 11.4. The molecule has 0 spiro atoms. The van der Waals surface area contributed by atoms with Gasteiger partial charge in [0.25, 0.3) is 0 Å². The Morgan fingerprint density at radius 2 is 2.10 bits per heavy atom. The first-order valence-electron chi connectivity index (χ1n) is 6.71. The van der Waals surface area contributed by atoms with E-state index in [1.807, 2.05) is 24.3 Å². The molecule has 3 aromatic rings. The van der Waals surface area contributed by atoms with E-state index in [-0.39, 0.29) is 11.9 Å². The number of aromatic nitrogens is 1. The van der Waals surface area contributed by atoms with Gasteiger partial charge in [-0.25, -0.2) is 4.39 Å². The van der Waals surface area contributed by atoms with Gasteiger partial charge in [0.15, 0.2) is 5.58 Å². The zero-order valence-corrected chi connectivity index (χ0v) is 11.4. The number of halogens is 1. The fourth-order valence-corrected chi connectivity index (χ4v) is 2.45. The minimum Gasteiger partial charge on any atom is -0.356 e. The molecule has 1 aromatic heterocycles. The van der Waals surface area contributed by atoms with Gasteiger partial charge in [-0.2, -0.15) is 0 Å². The zero-order chi connectivity index (χ0) is 14.8. The van der Waals surface area contributed by atoms with Gasteiger partial charge in [-0.05, 0) is 24.1 Å². The topological polar surface area (TPSA) is 52.0 Å². The van der Waals surface area contributed by atoms with E-state index in [9.17, 15) is 4.39 Å². The Labute approximate surface area is 121 Å². The van der Waals surface area contributed by atoms with E-state index >= 15 is 0 Å². The van der Waals surface area contributed by atoms with Gasteiger partial charge in [-0.3, -0.25) is 0 Å². The summed E-state index contributed by atoms with van der Waals surface area (Å²) in [5.74, 6) is -0.346. The molecule has 0 aliphatic heterocycles. The van der Waals surface area contributed by atoms with Gasteiger partial charge in [0.1, 0.15) is 11.5 Å². The lowest BCUT2D eigenvalue weighted by atomic mass is 9.95. The highest BCUT2D eigenvalue weighted by Crippen LogP contribution is 2.33. The number of hydrogen-bond donors (Lipinski definition) is 1. The van der Waals surface area contributed by atoms with E-state index in [0.717, 1.165) is 16.5 Å². The summed E-state index contributed by atoms with van der Waals surface area (Å²) in [4.78, 5) is 0. The van der Waals surface area contributed by atoms with Crippen LogP contribution in [0.1, 0.15) is 18.0 Å². The van der Waals surface area contributed by atoms with E-state index < -0.39 is 0 Å². The van der Waals surface area contributed by atoms with E-state index in [2.05, 4.69) is 11.7 Å². The minimum atomic E-state index is -0.346. The van der Waals surface area contributed by atoms with Crippen LogP contribution in [0.15, 0.2) is 59.6 Å². The molecule has 0 saturated carbocycles. The summed E-state index contributed by atoms with van der Waals surface area (Å²) in [5.41, 5.74) is 9.17. The van der Waals surface area contributed by atoms with Crippen LogP contribution < -0.4 is 5.73 Å². The first kappa shape index (κ1) is 13.5. The molecule has 0 radical (unpaired) electrons. The van der Waals surface area contributed by atoms with Crippen molar-refractivity contribution in [3.8, 4) is 11.3 Å². The molecular weight excluding hydrogens is 267 g/mol. The maximum atomic E-state index is 13.2. The normalized spacial score (nSPS) is 12.5. The summed E-state index contributed by atoms with van der Waals surface area (Å²) in [6.45, 7) is 3.72. The third-order valence-corrected chi connectivity index (χ3v) is 3.47. The quantitative estimate of drug-likeness (QED) is 0.729. The predicted octanol–water partition coefficient (Wildman–Crippen LogP) is 4.21. The number of hydrogen-bond acceptors (Lipinski definition) is 3. The molecule has 0 unspecified atom stereocenters. The van der Waals surface area contributed by atoms with Crippen molar-refractivity contribution in [2.75, 3.05) is 0 Å². The largest absolute Gasteiger partial charge is 0.356 e. The second kappa shape index (κ2) is 5.50. The Morgan fingerprint density at radius 1 is 1.29 bits per heavy atom. The Balaban J connectivity index is 2.17. The van der Waals surface area contributed by atoms with Gasteiger partial charge in [0.2, 0.25) is 0 Å². The van der Waals surface area contributed by atoms with Crippen molar-refractivity contribution in [3.63, 3.8) is 0 Å². The summed E-state index contributed by atoms with van der Waals surface area (Å²) in [5, 5.41) is 4.86. The molecule has 1 heterocycles. The van der Waals surface area contributed by atoms with Crippen LogP contribution in [0.5, 0.6) is 0 Å². The molecule has 0 bridgehead atoms. The second-order valence-corrected chi connectivity index (χ2v) is 4.89. The monoisotopic (exact) mass is 282 g/mol. The molecule has 0 saturated heterocycles. The average Bonchev–Trinajstić information content (AvgIpc) is 2.90. The van der Waals surface area contributed by atoms with Gasteiger partial charge < -0.3 is 10.3 Å². The van der Waals surface area contributed by atoms with Gasteiger partial charge >= 0.3 is 0 Å². The van der Waals surface area contributed by atoms with Gasteiger partial charge in [0.05, 0.1) is 0 Å². The number of fused-ring (bicyclic) bond motifs is 1. The maximum absolute atomic E-state index is 13.2. The molecule has 2 N–H and O–H groups in total. The fourth-order valence-electron chi connectivity index (χ4n) is 2.45. The van der Waals surface area contributed by atoms with Crippen molar-refractivity contribution in [2.24, 2.45) is 5.73 Å². The molecule has 106 valence electrons. The summed E-state index contributed by atoms with van der Waals surface area (Å²) < 4.78 is 18.5. The van der Waals surface area contributed by atoms with Crippen LogP contribution in [0.4, 0.5) is 4.39 Å². The van der Waals surface area contributed by atoms with Crippen molar-refractivity contribution < 1.29 is 8.91 Å². The Hall–Kier alpha value is -2.46. The van der Waals surface area contributed by atoms with E-state index in [1.54, 1.807) is 12.1 Å². The van der Waals surface area contributed by atoms with Crippen molar-refractivity contribution in [1.82, 2.24) is 5.16 Å². The SMILES string of the molecule is C=CC[C@@H](N)c1ccccc1-c1noc2cc(F)ccc12. The number of nitrogens with two attached hydrogens (primary N) is 1. The Bertz CT molecular complexity index is 794. The van der Waals surface area contributed by atoms with Crippen molar-refractivity contribution in [3.05, 3.63) is 66.5 Å². The van der Waals surface area contributed by atoms with Crippen LogP contribution in [-0.2, 0) is 0 Å². The first-order valence-corrected chi connectivity index (χ1v) is 6.71. The molecule has 21 heavy (non-hydrogen) atoms. The van der Waals surface area contributed by atoms with Crippen molar-refractivity contribution >= 4 is 11.0 Å². The maximum Gasteiger partial charge on any atom is 0.170 e. The number of benzene rings is 2. The van der Waals surface area contributed by atoms with Crippen LogP contribution >= 0.6 is 0 Å². The Kier molecular flexibility index (Phi) is 3.54. The Morgan fingerprint density at radius 3 is 2.90 bits per heavy atom. The van der Waals surface area contributed by atoms with Crippen LogP contribution in [0, 0.1) is 5.82 Å². The summed E-state index contributed by atoms with van der Waals surface area (Å²) >= 11 is 0. The molecule has 0 aliphatic carbocycles. The highest BCUT2D eigenvalue weighted by Gasteiger charge is 2.17. The van der Waals surface area contributed by atoms with Gasteiger partial charge in [-0.1, -0.05) is 35.5 Å². The lowest BCUT2D eigenvalue weighted by molar-refractivity contribution is 0.457. The second-order valence-electron chi connectivity index (χ2n) is 4.89. The third-order valence-electron chi connectivity index (χ3n) is 3.47. The van der Waals surface area contributed by atoms with E-state index in [1.165, 1.54) is 12.1 Å². The van der Waals surface area contributed by atoms with E-state index in [4.69, 9.17) is 10.3 Å². The summed E-state index contributed by atoms with van der Waals surface area (Å²) in [7, 11) is 0. The van der Waals surface area contributed by atoms with Crippen molar-refractivity contribution in [1.29, 1.82) is 0 Å². The molecule has 4 heteroatoms. The highest BCUT2D eigenvalue weighted by molar-refractivity contribution is 5.92. The number of rotatable bonds is 4. The van der Waals surface area contributed by atoms with Crippen LogP contribution in [0.2, 0.25) is 0 Å². The molecule has 2 aromatic carbocycles. The summed E-state index contributed by atoms with van der Waals surface area (Å²) in [6.07, 6.45) is 2.46. The van der Waals surface area contributed by atoms with Crippen molar-refractivity contribution in [2.45, 2.75) is 12.5 Å². The minimum absolute atomic E-state index is 0.161. The van der Waals surface area contributed by atoms with E-state index in [0.29, 0.717) is 17.7 Å². The molecule has 0 fully saturated rings. The highest BCUT2D eigenvalue weighted by atomic mass is 19.1. The fraction of sp³-hybridized carbons (Fsp3) is 0.118. The lowest BCUT2D eigenvalue weighted by Crippen LogP contribution is -2.10. The molecule has 3 rings (SSSR count). The third kappa shape index (κ3) is 2.45. The molecule has 0 amide bonds. The van der Waals surface area contributed by atoms with Gasteiger partial charge in [0, 0.05) is 23.1 Å². The van der Waals surface area contributed by atoms with Crippen LogP contribution in [-0.4, -0.2) is 5.16 Å². The molecule has 0 aliphatic rings. The summed E-state index contributed by atoms with van der Waals surface area (Å²) in [6, 6.07) is 12.0. The molecule has 1 atom stereocenters. The lowest BCUT2D eigenvalue weighted by Gasteiger charge is -2.13. The predicted molar refractivity (Wildman–Crippen MR) is 81.1 cm³/mol. The first-order chi connectivity index (χ1) is 10.2. The smallest absolute Gasteiger partial charge is 0.170 e. The standard InChI is InChI=1S/C17H15FN2O/c1-2-5-15(19)12-6-3-4-7-13(12)17-14-9-8-11(18)10-16(14)21-20-17/h2-4,6-10,15H,1,5,19H2/t15-/m1/s1. The molecular formula is C17H15FN2O.